The van der Waals surface area contributed by atoms with Crippen LogP contribution in [0.3, 0.4) is 0 Å². The summed E-state index contributed by atoms with van der Waals surface area (Å²) >= 11 is 2.91. The average Bonchev–Trinajstić information content (AvgIpc) is 1.65. The van der Waals surface area contributed by atoms with Gasteiger partial charge >= 0.3 is 5.97 Å². The van der Waals surface area contributed by atoms with Crippen molar-refractivity contribution in [1.29, 1.82) is 0 Å². The van der Waals surface area contributed by atoms with Gasteiger partial charge in [0.15, 0.2) is 0 Å². The topological polar surface area (TPSA) is 63.3 Å². The van der Waals surface area contributed by atoms with E-state index in [-0.39, 0.29) is 12.4 Å². The van der Waals surface area contributed by atoms with Crippen LogP contribution in [0.2, 0.25) is 0 Å². The zero-order chi connectivity index (χ0) is 5.86. The average molecular weight is 204 g/mol. The van der Waals surface area contributed by atoms with Gasteiger partial charge in [0.2, 0.25) is 0 Å². The molecule has 0 unspecified atom stereocenters. The molecule has 0 fully saturated rings. The van der Waals surface area contributed by atoms with E-state index in [1.165, 1.54) is 0 Å². The highest BCUT2D eigenvalue weighted by molar-refractivity contribution is 9.09. The Morgan fingerprint density at radius 1 is 1.88 bits per heavy atom. The second kappa shape index (κ2) is 5.34. The van der Waals surface area contributed by atoms with Crippen LogP contribution in [-0.4, -0.2) is 22.4 Å². The number of rotatable bonds is 2. The van der Waals surface area contributed by atoms with Crippen LogP contribution in [-0.2, 0) is 4.79 Å². The first kappa shape index (κ1) is 11.1. The van der Waals surface area contributed by atoms with Gasteiger partial charge in [0.1, 0.15) is 6.04 Å². The number of hydrogen-bond acceptors (Lipinski definition) is 2. The number of carboxylic acid groups (broad SMARTS) is 1. The van der Waals surface area contributed by atoms with Crippen LogP contribution in [0.15, 0.2) is 0 Å². The molecule has 0 spiro atoms. The third kappa shape index (κ3) is 4.36. The highest BCUT2D eigenvalue weighted by atomic mass is 79.9. The fourth-order valence-electron chi connectivity index (χ4n) is 0.0660. The molecule has 0 aliphatic rings. The summed E-state index contributed by atoms with van der Waals surface area (Å²) < 4.78 is 0. The fourth-order valence-corrected chi connectivity index (χ4v) is 0.343. The van der Waals surface area contributed by atoms with Gasteiger partial charge in [-0.15, -0.1) is 12.4 Å². The summed E-state index contributed by atoms with van der Waals surface area (Å²) in [7, 11) is 0. The zero-order valence-electron chi connectivity index (χ0n) is 4.00. The lowest BCUT2D eigenvalue weighted by atomic mass is 10.4. The summed E-state index contributed by atoms with van der Waals surface area (Å²) in [5.41, 5.74) is 4.97. The lowest BCUT2D eigenvalue weighted by Gasteiger charge is -1.95. The lowest BCUT2D eigenvalue weighted by molar-refractivity contribution is -0.137. The van der Waals surface area contributed by atoms with Crippen molar-refractivity contribution >= 4 is 34.3 Å². The number of halogens is 2. The van der Waals surface area contributed by atoms with Crippen LogP contribution in [0.5, 0.6) is 0 Å². The molecule has 0 aliphatic heterocycles. The van der Waals surface area contributed by atoms with Crippen LogP contribution in [0.1, 0.15) is 0 Å². The van der Waals surface area contributed by atoms with Gasteiger partial charge in [-0.3, -0.25) is 4.79 Å². The maximum absolute atomic E-state index is 9.78. The Morgan fingerprint density at radius 3 is 2.25 bits per heavy atom. The number of hydrogen-bond donors (Lipinski definition) is 2. The lowest BCUT2D eigenvalue weighted by Crippen LogP contribution is -2.31. The molecule has 0 aromatic heterocycles. The Labute approximate surface area is 61.8 Å². The van der Waals surface area contributed by atoms with E-state index in [2.05, 4.69) is 15.9 Å². The second-order valence-electron chi connectivity index (χ2n) is 1.10. The van der Waals surface area contributed by atoms with E-state index in [0.29, 0.717) is 5.33 Å². The van der Waals surface area contributed by atoms with Gasteiger partial charge in [-0.25, -0.2) is 0 Å². The first-order chi connectivity index (χ1) is 3.18. The Kier molecular flexibility index (Phi) is 7.38. The first-order valence-corrected chi connectivity index (χ1v) is 2.85. The van der Waals surface area contributed by atoms with E-state index in [1.807, 2.05) is 0 Å². The van der Waals surface area contributed by atoms with Crippen LogP contribution in [0, 0.1) is 0 Å². The maximum Gasteiger partial charge on any atom is 0.321 e. The van der Waals surface area contributed by atoms with Crippen molar-refractivity contribution < 1.29 is 9.90 Å². The molecule has 0 saturated heterocycles. The molecule has 5 heteroatoms. The monoisotopic (exact) mass is 203 g/mol. The van der Waals surface area contributed by atoms with Crippen LogP contribution in [0.4, 0.5) is 0 Å². The standard InChI is InChI=1S/C3H6BrNO2.ClH/c4-1-2(5)3(6)7;/h2H,1,5H2,(H,6,7);1H/t2-;/m1./s1. The molecule has 8 heavy (non-hydrogen) atoms. The third-order valence-corrected chi connectivity index (χ3v) is 1.18. The van der Waals surface area contributed by atoms with Gasteiger partial charge in [0, 0.05) is 5.33 Å². The van der Waals surface area contributed by atoms with Crippen molar-refractivity contribution in [3.05, 3.63) is 0 Å². The summed E-state index contributed by atoms with van der Waals surface area (Å²) in [6, 6.07) is -0.764. The normalized spacial score (nSPS) is 11.8. The van der Waals surface area contributed by atoms with E-state index in [4.69, 9.17) is 10.8 Å². The zero-order valence-corrected chi connectivity index (χ0v) is 6.41. The predicted octanol–water partition coefficient (Wildman–Crippen LogP) is 0.215. The predicted molar refractivity (Wildman–Crippen MR) is 36.7 cm³/mol. The summed E-state index contributed by atoms with van der Waals surface area (Å²) in [6.07, 6.45) is 0. The summed E-state index contributed by atoms with van der Waals surface area (Å²) in [5, 5.41) is 8.33. The largest absolute Gasteiger partial charge is 0.480 e. The fraction of sp³-hybridized carbons (Fsp3) is 0.667. The molecule has 0 bridgehead atoms. The minimum atomic E-state index is -0.975. The van der Waals surface area contributed by atoms with Gasteiger partial charge < -0.3 is 10.8 Å². The Morgan fingerprint density at radius 2 is 2.25 bits per heavy atom. The van der Waals surface area contributed by atoms with Gasteiger partial charge in [0.05, 0.1) is 0 Å². The molecule has 0 aromatic rings. The van der Waals surface area contributed by atoms with Crippen LogP contribution >= 0.6 is 28.3 Å². The van der Waals surface area contributed by atoms with E-state index < -0.39 is 12.0 Å². The SMILES string of the molecule is Cl.N[C@H](CBr)C(=O)O. The van der Waals surface area contributed by atoms with Gasteiger partial charge in [-0.1, -0.05) is 15.9 Å². The van der Waals surface area contributed by atoms with E-state index in [0.717, 1.165) is 0 Å². The molecule has 1 atom stereocenters. The number of carboxylic acids is 1. The van der Waals surface area contributed by atoms with Crippen LogP contribution < -0.4 is 5.73 Å². The number of nitrogens with two attached hydrogens (primary N) is 1. The molecule has 0 radical (unpaired) electrons. The van der Waals surface area contributed by atoms with E-state index in [1.54, 1.807) is 0 Å². The van der Waals surface area contributed by atoms with Crippen molar-refractivity contribution in [2.75, 3.05) is 5.33 Å². The molecule has 0 heterocycles. The molecule has 0 aromatic carbocycles. The van der Waals surface area contributed by atoms with Crippen LogP contribution in [0.25, 0.3) is 0 Å². The molecular formula is C3H7BrClNO2. The van der Waals surface area contributed by atoms with Gasteiger partial charge in [-0.05, 0) is 0 Å². The molecule has 0 saturated carbocycles. The van der Waals surface area contributed by atoms with Crippen molar-refractivity contribution in [3.63, 3.8) is 0 Å². The van der Waals surface area contributed by atoms with Gasteiger partial charge in [0.25, 0.3) is 0 Å². The van der Waals surface area contributed by atoms with Crippen molar-refractivity contribution in [3.8, 4) is 0 Å². The van der Waals surface area contributed by atoms with Crippen molar-refractivity contribution in [2.24, 2.45) is 5.73 Å². The Hall–Kier alpha value is 0.200. The molecular weight excluding hydrogens is 197 g/mol. The van der Waals surface area contributed by atoms with Crippen molar-refractivity contribution in [2.45, 2.75) is 6.04 Å². The minimum Gasteiger partial charge on any atom is -0.480 e. The summed E-state index contributed by atoms with van der Waals surface area (Å²) in [4.78, 5) is 9.78. The highest BCUT2D eigenvalue weighted by Gasteiger charge is 2.06. The number of carbonyl (C=O) groups is 1. The van der Waals surface area contributed by atoms with Gasteiger partial charge in [-0.2, -0.15) is 0 Å². The van der Waals surface area contributed by atoms with Crippen molar-refractivity contribution in [1.82, 2.24) is 0 Å². The smallest absolute Gasteiger partial charge is 0.321 e. The van der Waals surface area contributed by atoms with E-state index >= 15 is 0 Å². The Bertz CT molecular complexity index is 79.7. The van der Waals surface area contributed by atoms with E-state index in [9.17, 15) is 4.79 Å². The number of aliphatic carboxylic acids is 1. The maximum atomic E-state index is 9.78. The first-order valence-electron chi connectivity index (χ1n) is 1.73. The number of alkyl halides is 1. The molecule has 0 aliphatic carbocycles. The summed E-state index contributed by atoms with van der Waals surface area (Å²) in [5.74, 6) is -0.975. The third-order valence-electron chi connectivity index (χ3n) is 0.483. The molecule has 0 rings (SSSR count). The second-order valence-corrected chi connectivity index (χ2v) is 1.75. The molecule has 50 valence electrons. The quantitative estimate of drug-likeness (QED) is 0.632. The molecule has 3 N–H and O–H groups in total. The Balaban J connectivity index is 0. The highest BCUT2D eigenvalue weighted by Crippen LogP contribution is 1.84. The summed E-state index contributed by atoms with van der Waals surface area (Å²) in [6.45, 7) is 0. The molecule has 0 amide bonds. The minimum absolute atomic E-state index is 0. The molecule has 3 nitrogen and oxygen atoms in total.